The Morgan fingerprint density at radius 3 is 2.58 bits per heavy atom. The van der Waals surface area contributed by atoms with E-state index in [0.29, 0.717) is 6.42 Å². The smallest absolute Gasteiger partial charge is 0.214 e. The highest BCUT2D eigenvalue weighted by Crippen LogP contribution is 2.19. The van der Waals surface area contributed by atoms with Crippen molar-refractivity contribution < 1.29 is 13.6 Å². The summed E-state index contributed by atoms with van der Waals surface area (Å²) in [6.45, 7) is 3.36. The first-order valence-electron chi connectivity index (χ1n) is 5.98. The van der Waals surface area contributed by atoms with Gasteiger partial charge in [-0.25, -0.2) is 8.78 Å². The molecule has 1 heterocycles. The van der Waals surface area contributed by atoms with Crippen LogP contribution in [0.2, 0.25) is 0 Å². The number of aryl methyl sites for hydroxylation is 3. The van der Waals surface area contributed by atoms with Crippen molar-refractivity contribution in [1.82, 2.24) is 9.78 Å². The lowest BCUT2D eigenvalue weighted by Gasteiger charge is -2.05. The molecule has 0 aliphatic rings. The summed E-state index contributed by atoms with van der Waals surface area (Å²) < 4.78 is 28.7. The summed E-state index contributed by atoms with van der Waals surface area (Å²) >= 11 is 0. The Balaban J connectivity index is 2.50. The van der Waals surface area contributed by atoms with Crippen LogP contribution in [-0.2, 0) is 13.5 Å². The van der Waals surface area contributed by atoms with Gasteiger partial charge in [0.25, 0.3) is 0 Å². The number of carbonyl (C=O) groups excluding carboxylic acids is 1. The average molecular weight is 264 g/mol. The maximum atomic E-state index is 13.8. The molecule has 0 atom stereocenters. The van der Waals surface area contributed by atoms with Gasteiger partial charge >= 0.3 is 0 Å². The highest BCUT2D eigenvalue weighted by atomic mass is 19.2. The quantitative estimate of drug-likeness (QED) is 0.799. The van der Waals surface area contributed by atoms with Crippen LogP contribution in [0.5, 0.6) is 0 Å². The van der Waals surface area contributed by atoms with Crippen LogP contribution in [0.1, 0.15) is 34.2 Å². The Labute approximate surface area is 109 Å². The van der Waals surface area contributed by atoms with Gasteiger partial charge in [-0.3, -0.25) is 9.48 Å². The van der Waals surface area contributed by atoms with Crippen molar-refractivity contribution in [2.45, 2.75) is 20.3 Å². The first kappa shape index (κ1) is 13.4. The second kappa shape index (κ2) is 4.91. The van der Waals surface area contributed by atoms with Crippen molar-refractivity contribution in [2.24, 2.45) is 7.05 Å². The zero-order chi connectivity index (χ0) is 14.2. The zero-order valence-electron chi connectivity index (χ0n) is 11.0. The van der Waals surface area contributed by atoms with Gasteiger partial charge in [0.1, 0.15) is 5.69 Å². The minimum atomic E-state index is -1.11. The molecule has 0 aliphatic heterocycles. The van der Waals surface area contributed by atoms with Gasteiger partial charge in [0.2, 0.25) is 5.78 Å². The molecule has 0 fully saturated rings. The lowest BCUT2D eigenvalue weighted by Crippen LogP contribution is -2.11. The molecule has 0 spiro atoms. The maximum absolute atomic E-state index is 13.8. The van der Waals surface area contributed by atoms with Gasteiger partial charge in [0.05, 0.1) is 11.3 Å². The number of hydrogen-bond acceptors (Lipinski definition) is 2. The Hall–Kier alpha value is -2.04. The van der Waals surface area contributed by atoms with Crippen molar-refractivity contribution >= 4 is 5.78 Å². The van der Waals surface area contributed by atoms with Gasteiger partial charge in [-0.2, -0.15) is 5.10 Å². The minimum absolute atomic E-state index is 0.174. The molecule has 0 bridgehead atoms. The summed E-state index contributed by atoms with van der Waals surface area (Å²) in [5, 5.41) is 4.12. The van der Waals surface area contributed by atoms with Crippen LogP contribution in [0.3, 0.4) is 0 Å². The molecular weight excluding hydrogens is 250 g/mol. The largest absolute Gasteiger partial charge is 0.287 e. The normalized spacial score (nSPS) is 10.8. The number of nitrogens with zero attached hydrogens (tertiary/aromatic N) is 2. The first-order chi connectivity index (χ1) is 8.95. The Morgan fingerprint density at radius 1 is 1.32 bits per heavy atom. The number of ketones is 1. The van der Waals surface area contributed by atoms with E-state index < -0.39 is 17.4 Å². The number of benzene rings is 1. The van der Waals surface area contributed by atoms with E-state index in [-0.39, 0.29) is 16.8 Å². The van der Waals surface area contributed by atoms with E-state index in [1.165, 1.54) is 23.7 Å². The Bertz CT molecular complexity index is 647. The molecule has 0 unspecified atom stereocenters. The fourth-order valence-corrected chi connectivity index (χ4v) is 1.87. The van der Waals surface area contributed by atoms with E-state index >= 15 is 0 Å². The summed E-state index contributed by atoms with van der Waals surface area (Å²) in [5.74, 6) is -2.65. The van der Waals surface area contributed by atoms with E-state index in [9.17, 15) is 13.6 Å². The van der Waals surface area contributed by atoms with Crippen molar-refractivity contribution in [2.75, 3.05) is 0 Å². The summed E-state index contributed by atoms with van der Waals surface area (Å²) in [7, 11) is 1.61. The predicted octanol–water partition coefficient (Wildman–Crippen LogP) is 2.80. The van der Waals surface area contributed by atoms with Gasteiger partial charge in [0, 0.05) is 7.05 Å². The summed E-state index contributed by atoms with van der Waals surface area (Å²) in [6.07, 6.45) is 0.672. The lowest BCUT2D eigenvalue weighted by molar-refractivity contribution is 0.102. The van der Waals surface area contributed by atoms with Crippen LogP contribution >= 0.6 is 0 Å². The van der Waals surface area contributed by atoms with Crippen LogP contribution in [0.25, 0.3) is 0 Å². The van der Waals surface area contributed by atoms with E-state index in [0.717, 1.165) is 5.69 Å². The molecular formula is C14H14F2N2O. The molecule has 2 rings (SSSR count). The Kier molecular flexibility index (Phi) is 3.46. The molecule has 3 nitrogen and oxygen atoms in total. The van der Waals surface area contributed by atoms with Crippen molar-refractivity contribution in [1.29, 1.82) is 0 Å². The molecule has 0 amide bonds. The van der Waals surface area contributed by atoms with E-state index in [1.54, 1.807) is 13.1 Å². The molecule has 0 saturated heterocycles. The molecule has 0 N–H and O–H groups in total. The van der Waals surface area contributed by atoms with Gasteiger partial charge in [-0.1, -0.05) is 13.0 Å². The first-order valence-corrected chi connectivity index (χ1v) is 5.98. The highest BCUT2D eigenvalue weighted by Gasteiger charge is 2.21. The van der Waals surface area contributed by atoms with Crippen molar-refractivity contribution in [3.05, 3.63) is 52.3 Å². The maximum Gasteiger partial charge on any atom is 0.214 e. The number of carbonyl (C=O) groups is 1. The molecule has 100 valence electrons. The van der Waals surface area contributed by atoms with Crippen LogP contribution < -0.4 is 0 Å². The highest BCUT2D eigenvalue weighted by molar-refractivity contribution is 6.08. The second-order valence-electron chi connectivity index (χ2n) is 4.39. The summed E-state index contributed by atoms with van der Waals surface area (Å²) in [6, 6.07) is 4.29. The van der Waals surface area contributed by atoms with Gasteiger partial charge < -0.3 is 0 Å². The third-order valence-corrected chi connectivity index (χ3v) is 3.05. The lowest BCUT2D eigenvalue weighted by atomic mass is 10.0. The topological polar surface area (TPSA) is 34.9 Å². The van der Waals surface area contributed by atoms with Crippen LogP contribution in [-0.4, -0.2) is 15.6 Å². The molecule has 1 aromatic carbocycles. The van der Waals surface area contributed by atoms with Crippen LogP contribution in [0.4, 0.5) is 8.78 Å². The fraction of sp³-hybridized carbons (Fsp3) is 0.286. The third-order valence-electron chi connectivity index (χ3n) is 3.05. The molecule has 0 radical (unpaired) electrons. The van der Waals surface area contributed by atoms with E-state index in [4.69, 9.17) is 0 Å². The molecule has 5 heteroatoms. The molecule has 2 aromatic rings. The molecule has 0 aliphatic carbocycles. The minimum Gasteiger partial charge on any atom is -0.287 e. The number of halogens is 2. The zero-order valence-corrected chi connectivity index (χ0v) is 11.0. The number of hydrogen-bond donors (Lipinski definition) is 0. The second-order valence-corrected chi connectivity index (χ2v) is 4.39. The average Bonchev–Trinajstić information content (AvgIpc) is 2.77. The monoisotopic (exact) mass is 264 g/mol. The summed E-state index contributed by atoms with van der Waals surface area (Å²) in [5.41, 5.74) is 0.889. The third kappa shape index (κ3) is 2.28. The molecule has 0 saturated carbocycles. The predicted molar refractivity (Wildman–Crippen MR) is 67.1 cm³/mol. The Morgan fingerprint density at radius 2 is 2.00 bits per heavy atom. The molecule has 19 heavy (non-hydrogen) atoms. The fourth-order valence-electron chi connectivity index (χ4n) is 1.87. The van der Waals surface area contributed by atoms with Crippen LogP contribution in [0.15, 0.2) is 18.2 Å². The summed E-state index contributed by atoms with van der Waals surface area (Å²) in [4.78, 5) is 12.2. The number of aromatic nitrogens is 2. The van der Waals surface area contributed by atoms with Gasteiger partial charge in [0.15, 0.2) is 11.6 Å². The van der Waals surface area contributed by atoms with Crippen LogP contribution in [0, 0.1) is 18.6 Å². The van der Waals surface area contributed by atoms with Crippen molar-refractivity contribution in [3.63, 3.8) is 0 Å². The SMILES string of the molecule is CCc1cc(C(=O)c2ccc(C)c(F)c2F)n(C)n1. The standard InChI is InChI=1S/C14H14F2N2O/c1-4-9-7-11(18(3)17-9)14(19)10-6-5-8(2)12(15)13(10)16/h5-7H,4H2,1-3H3. The van der Waals surface area contributed by atoms with E-state index in [1.807, 2.05) is 6.92 Å². The van der Waals surface area contributed by atoms with Gasteiger partial charge in [-0.05, 0) is 31.0 Å². The van der Waals surface area contributed by atoms with E-state index in [2.05, 4.69) is 5.10 Å². The van der Waals surface area contributed by atoms with Crippen molar-refractivity contribution in [3.8, 4) is 0 Å². The number of rotatable bonds is 3. The van der Waals surface area contributed by atoms with Gasteiger partial charge in [-0.15, -0.1) is 0 Å². The molecule has 1 aromatic heterocycles.